The van der Waals surface area contributed by atoms with Gasteiger partial charge in [0.25, 0.3) is 5.91 Å². The number of hydrogen-bond donors (Lipinski definition) is 2. The average molecular weight is 354 g/mol. The molecule has 0 radical (unpaired) electrons. The molecule has 6 heteroatoms. The molecule has 126 valence electrons. The van der Waals surface area contributed by atoms with Gasteiger partial charge in [-0.15, -0.1) is 0 Å². The van der Waals surface area contributed by atoms with E-state index in [4.69, 9.17) is 22.1 Å². The summed E-state index contributed by atoms with van der Waals surface area (Å²) in [5.74, 6) is 1.09. The minimum absolute atomic E-state index is 0.205. The first-order valence-electron chi connectivity index (χ1n) is 7.59. The molecule has 0 bridgehead atoms. The van der Waals surface area contributed by atoms with Gasteiger partial charge in [-0.2, -0.15) is 0 Å². The molecule has 1 heterocycles. The Labute approximate surface area is 150 Å². The fraction of sp³-hybridized carbons (Fsp3) is 0.0526. The standard InChI is InChI=1S/C19H16ClN3O2/c1-12-10-11-22-18(21)17(12)19(24)23-13-6-8-14(9-7-13)25-16-5-3-2-4-15(16)20/h2-11H,1H3,(H2,21,22)(H,23,24). The third kappa shape index (κ3) is 3.89. The molecular weight excluding hydrogens is 338 g/mol. The summed E-state index contributed by atoms with van der Waals surface area (Å²) in [5, 5.41) is 3.33. The van der Waals surface area contributed by atoms with Crippen molar-refractivity contribution in [3.8, 4) is 11.5 Å². The molecule has 0 atom stereocenters. The van der Waals surface area contributed by atoms with Crippen molar-refractivity contribution in [3.05, 3.63) is 76.9 Å². The third-order valence-corrected chi connectivity index (χ3v) is 3.90. The average Bonchev–Trinajstić information content (AvgIpc) is 2.58. The van der Waals surface area contributed by atoms with Gasteiger partial charge in [0.15, 0.2) is 0 Å². The number of nitrogen functional groups attached to an aromatic ring is 1. The first-order valence-corrected chi connectivity index (χ1v) is 7.97. The number of benzene rings is 2. The van der Waals surface area contributed by atoms with Gasteiger partial charge in [0.2, 0.25) is 0 Å². The van der Waals surface area contributed by atoms with Gasteiger partial charge in [-0.25, -0.2) is 4.98 Å². The molecule has 0 spiro atoms. The molecule has 0 unspecified atom stereocenters. The molecule has 0 saturated heterocycles. The van der Waals surface area contributed by atoms with Crippen LogP contribution in [0.4, 0.5) is 11.5 Å². The Morgan fingerprint density at radius 2 is 1.84 bits per heavy atom. The molecule has 0 aliphatic heterocycles. The molecule has 1 amide bonds. The van der Waals surface area contributed by atoms with Crippen molar-refractivity contribution in [1.29, 1.82) is 0 Å². The number of ether oxygens (including phenoxy) is 1. The van der Waals surface area contributed by atoms with E-state index in [0.29, 0.717) is 27.8 Å². The highest BCUT2D eigenvalue weighted by molar-refractivity contribution is 6.32. The summed E-state index contributed by atoms with van der Waals surface area (Å²) < 4.78 is 5.72. The van der Waals surface area contributed by atoms with Crippen LogP contribution in [0.3, 0.4) is 0 Å². The molecule has 5 nitrogen and oxygen atoms in total. The Kier molecular flexibility index (Phi) is 4.86. The number of nitrogens with zero attached hydrogens (tertiary/aromatic N) is 1. The molecule has 3 rings (SSSR count). The van der Waals surface area contributed by atoms with Crippen LogP contribution in [0.25, 0.3) is 0 Å². The first-order chi connectivity index (χ1) is 12.0. The molecule has 2 aromatic carbocycles. The van der Waals surface area contributed by atoms with Crippen molar-refractivity contribution in [3.63, 3.8) is 0 Å². The molecule has 3 aromatic rings. The topological polar surface area (TPSA) is 77.2 Å². The lowest BCUT2D eigenvalue weighted by molar-refractivity contribution is 0.102. The van der Waals surface area contributed by atoms with Crippen LogP contribution in [-0.4, -0.2) is 10.9 Å². The fourth-order valence-electron chi connectivity index (χ4n) is 2.33. The normalized spacial score (nSPS) is 10.3. The van der Waals surface area contributed by atoms with E-state index >= 15 is 0 Å². The Balaban J connectivity index is 1.73. The lowest BCUT2D eigenvalue weighted by atomic mass is 10.1. The van der Waals surface area contributed by atoms with Gasteiger partial charge in [0.05, 0.1) is 10.6 Å². The van der Waals surface area contributed by atoms with Crippen LogP contribution in [0.1, 0.15) is 15.9 Å². The number of para-hydroxylation sites is 1. The first kappa shape index (κ1) is 16.8. The second-order valence-corrected chi connectivity index (χ2v) is 5.81. The van der Waals surface area contributed by atoms with E-state index in [1.54, 1.807) is 48.7 Å². The molecule has 0 saturated carbocycles. The van der Waals surface area contributed by atoms with Gasteiger partial charge < -0.3 is 15.8 Å². The van der Waals surface area contributed by atoms with Crippen molar-refractivity contribution in [1.82, 2.24) is 4.98 Å². The van der Waals surface area contributed by atoms with Crippen molar-refractivity contribution < 1.29 is 9.53 Å². The molecule has 0 aliphatic rings. The summed E-state index contributed by atoms with van der Waals surface area (Å²) in [6, 6.07) is 15.9. The quantitative estimate of drug-likeness (QED) is 0.714. The Bertz CT molecular complexity index is 891. The van der Waals surface area contributed by atoms with E-state index in [0.717, 1.165) is 5.56 Å². The van der Waals surface area contributed by atoms with Crippen LogP contribution in [0.15, 0.2) is 60.8 Å². The molecule has 1 aromatic heterocycles. The number of nitrogens with one attached hydrogen (secondary N) is 1. The van der Waals surface area contributed by atoms with Crippen molar-refractivity contribution in [2.75, 3.05) is 11.1 Å². The zero-order valence-electron chi connectivity index (χ0n) is 13.5. The van der Waals surface area contributed by atoms with Crippen molar-refractivity contribution >= 4 is 29.0 Å². The smallest absolute Gasteiger partial charge is 0.259 e. The van der Waals surface area contributed by atoms with Gasteiger partial charge in [-0.1, -0.05) is 23.7 Å². The van der Waals surface area contributed by atoms with E-state index in [2.05, 4.69) is 10.3 Å². The zero-order chi connectivity index (χ0) is 17.8. The fourth-order valence-corrected chi connectivity index (χ4v) is 2.50. The second kappa shape index (κ2) is 7.23. The number of halogens is 1. The summed E-state index contributed by atoms with van der Waals surface area (Å²) in [4.78, 5) is 16.4. The van der Waals surface area contributed by atoms with Crippen LogP contribution >= 0.6 is 11.6 Å². The van der Waals surface area contributed by atoms with Crippen LogP contribution < -0.4 is 15.8 Å². The van der Waals surface area contributed by atoms with Gasteiger partial charge in [0.1, 0.15) is 17.3 Å². The highest BCUT2D eigenvalue weighted by Gasteiger charge is 2.14. The number of hydrogen-bond acceptors (Lipinski definition) is 4. The summed E-state index contributed by atoms with van der Waals surface area (Å²) in [7, 11) is 0. The number of anilines is 2. The summed E-state index contributed by atoms with van der Waals surface area (Å²) in [5.41, 5.74) is 7.56. The van der Waals surface area contributed by atoms with Gasteiger partial charge in [-0.3, -0.25) is 4.79 Å². The zero-order valence-corrected chi connectivity index (χ0v) is 14.2. The molecular formula is C19H16ClN3O2. The van der Waals surface area contributed by atoms with Crippen molar-refractivity contribution in [2.45, 2.75) is 6.92 Å². The summed E-state index contributed by atoms with van der Waals surface area (Å²) in [6.07, 6.45) is 1.57. The number of carbonyl (C=O) groups excluding carboxylic acids is 1. The number of aromatic nitrogens is 1. The third-order valence-electron chi connectivity index (χ3n) is 3.59. The predicted molar refractivity (Wildman–Crippen MR) is 99.3 cm³/mol. The predicted octanol–water partition coefficient (Wildman–Crippen LogP) is 4.67. The lowest BCUT2D eigenvalue weighted by Crippen LogP contribution is -2.16. The maximum atomic E-state index is 12.4. The molecule has 25 heavy (non-hydrogen) atoms. The molecule has 0 aliphatic carbocycles. The van der Waals surface area contributed by atoms with E-state index in [-0.39, 0.29) is 11.7 Å². The summed E-state index contributed by atoms with van der Waals surface area (Å²) in [6.45, 7) is 1.81. The summed E-state index contributed by atoms with van der Waals surface area (Å²) >= 11 is 6.07. The maximum Gasteiger partial charge on any atom is 0.259 e. The van der Waals surface area contributed by atoms with Crippen LogP contribution in [0.5, 0.6) is 11.5 Å². The number of amides is 1. The SMILES string of the molecule is Cc1ccnc(N)c1C(=O)Nc1ccc(Oc2ccccc2Cl)cc1. The van der Waals surface area contributed by atoms with E-state index in [1.807, 2.05) is 19.1 Å². The second-order valence-electron chi connectivity index (χ2n) is 5.40. The number of nitrogens with two attached hydrogens (primary N) is 1. The van der Waals surface area contributed by atoms with E-state index < -0.39 is 0 Å². The minimum Gasteiger partial charge on any atom is -0.456 e. The molecule has 3 N–H and O–H groups in total. The largest absolute Gasteiger partial charge is 0.456 e. The Morgan fingerprint density at radius 1 is 1.12 bits per heavy atom. The highest BCUT2D eigenvalue weighted by Crippen LogP contribution is 2.29. The van der Waals surface area contributed by atoms with Crippen LogP contribution in [-0.2, 0) is 0 Å². The van der Waals surface area contributed by atoms with Crippen molar-refractivity contribution in [2.24, 2.45) is 0 Å². The van der Waals surface area contributed by atoms with E-state index in [9.17, 15) is 4.79 Å². The van der Waals surface area contributed by atoms with Gasteiger partial charge in [-0.05, 0) is 55.0 Å². The van der Waals surface area contributed by atoms with Crippen LogP contribution in [0, 0.1) is 6.92 Å². The minimum atomic E-state index is -0.303. The number of pyridine rings is 1. The maximum absolute atomic E-state index is 12.4. The molecule has 0 fully saturated rings. The number of carbonyl (C=O) groups is 1. The Morgan fingerprint density at radius 3 is 2.52 bits per heavy atom. The number of aryl methyl sites for hydroxylation is 1. The highest BCUT2D eigenvalue weighted by atomic mass is 35.5. The van der Waals surface area contributed by atoms with Crippen LogP contribution in [0.2, 0.25) is 5.02 Å². The van der Waals surface area contributed by atoms with Gasteiger partial charge >= 0.3 is 0 Å². The lowest BCUT2D eigenvalue weighted by Gasteiger charge is -2.11. The monoisotopic (exact) mass is 353 g/mol. The Hall–Kier alpha value is -3.05. The van der Waals surface area contributed by atoms with Gasteiger partial charge in [0, 0.05) is 11.9 Å². The number of rotatable bonds is 4. The van der Waals surface area contributed by atoms with E-state index in [1.165, 1.54) is 0 Å².